The zero-order valence-electron chi connectivity index (χ0n) is 11.2. The van der Waals surface area contributed by atoms with Crippen molar-refractivity contribution in [3.8, 4) is 0 Å². The van der Waals surface area contributed by atoms with Crippen LogP contribution in [0.25, 0.3) is 0 Å². The third-order valence-electron chi connectivity index (χ3n) is 3.14. The first kappa shape index (κ1) is 15.2. The molecule has 18 heavy (non-hydrogen) atoms. The standard InChI is InChI=1S/C14H23NO2S/c1-3-14(15-2)10-7-11-18(16,17)12-13-8-5-4-6-9-13/h4-6,8-9,14-15H,3,7,10-12H2,1-2H3. The Balaban J connectivity index is 2.41. The Morgan fingerprint density at radius 3 is 2.44 bits per heavy atom. The first-order valence-electron chi connectivity index (χ1n) is 6.49. The van der Waals surface area contributed by atoms with E-state index in [9.17, 15) is 8.42 Å². The van der Waals surface area contributed by atoms with Crippen LogP contribution < -0.4 is 5.32 Å². The molecule has 0 aliphatic rings. The molecule has 0 heterocycles. The normalized spacial score (nSPS) is 13.4. The molecule has 1 aromatic rings. The summed E-state index contributed by atoms with van der Waals surface area (Å²) in [5, 5.41) is 3.19. The van der Waals surface area contributed by atoms with E-state index in [4.69, 9.17) is 0 Å². The highest BCUT2D eigenvalue weighted by atomic mass is 32.2. The molecule has 1 atom stereocenters. The predicted molar refractivity (Wildman–Crippen MR) is 76.3 cm³/mol. The second-order valence-corrected chi connectivity index (χ2v) is 6.80. The molecule has 102 valence electrons. The number of rotatable bonds is 8. The van der Waals surface area contributed by atoms with Gasteiger partial charge in [0.1, 0.15) is 0 Å². The molecule has 0 bridgehead atoms. The quantitative estimate of drug-likeness (QED) is 0.788. The second-order valence-electron chi connectivity index (χ2n) is 4.61. The van der Waals surface area contributed by atoms with Gasteiger partial charge in [-0.15, -0.1) is 0 Å². The van der Waals surface area contributed by atoms with Gasteiger partial charge in [0.25, 0.3) is 0 Å². The van der Waals surface area contributed by atoms with Crippen molar-refractivity contribution >= 4 is 9.84 Å². The lowest BCUT2D eigenvalue weighted by Gasteiger charge is -2.13. The van der Waals surface area contributed by atoms with Gasteiger partial charge in [0, 0.05) is 6.04 Å². The van der Waals surface area contributed by atoms with E-state index in [1.54, 1.807) is 0 Å². The van der Waals surface area contributed by atoms with E-state index in [-0.39, 0.29) is 11.5 Å². The molecule has 0 spiro atoms. The lowest BCUT2D eigenvalue weighted by atomic mass is 10.1. The Kier molecular flexibility index (Phi) is 6.36. The maximum absolute atomic E-state index is 11.9. The Bertz CT molecular complexity index is 424. The summed E-state index contributed by atoms with van der Waals surface area (Å²) in [7, 11) is -1.05. The minimum Gasteiger partial charge on any atom is -0.317 e. The fourth-order valence-corrected chi connectivity index (χ4v) is 3.45. The number of sulfone groups is 1. The maximum Gasteiger partial charge on any atom is 0.154 e. The third kappa shape index (κ3) is 5.65. The third-order valence-corrected chi connectivity index (χ3v) is 4.82. The maximum atomic E-state index is 11.9. The number of nitrogens with one attached hydrogen (secondary N) is 1. The van der Waals surface area contributed by atoms with Gasteiger partial charge in [0.15, 0.2) is 9.84 Å². The molecule has 0 aromatic heterocycles. The van der Waals surface area contributed by atoms with Crippen molar-refractivity contribution in [1.82, 2.24) is 5.32 Å². The summed E-state index contributed by atoms with van der Waals surface area (Å²) in [4.78, 5) is 0. The van der Waals surface area contributed by atoms with E-state index in [0.717, 1.165) is 24.8 Å². The van der Waals surface area contributed by atoms with Crippen molar-refractivity contribution < 1.29 is 8.42 Å². The highest BCUT2D eigenvalue weighted by molar-refractivity contribution is 7.90. The van der Waals surface area contributed by atoms with E-state index in [0.29, 0.717) is 6.04 Å². The second kappa shape index (κ2) is 7.54. The van der Waals surface area contributed by atoms with Crippen molar-refractivity contribution in [3.05, 3.63) is 35.9 Å². The minimum absolute atomic E-state index is 0.157. The molecule has 0 amide bonds. The molecule has 0 radical (unpaired) electrons. The number of benzene rings is 1. The monoisotopic (exact) mass is 269 g/mol. The molecule has 0 aliphatic heterocycles. The SMILES string of the molecule is CCC(CCCS(=O)(=O)Cc1ccccc1)NC. The highest BCUT2D eigenvalue weighted by Gasteiger charge is 2.12. The summed E-state index contributed by atoms with van der Waals surface area (Å²) >= 11 is 0. The van der Waals surface area contributed by atoms with Crippen molar-refractivity contribution in [1.29, 1.82) is 0 Å². The Hall–Kier alpha value is -0.870. The van der Waals surface area contributed by atoms with Crippen LogP contribution in [0.5, 0.6) is 0 Å². The average Bonchev–Trinajstić information content (AvgIpc) is 2.35. The fraction of sp³-hybridized carbons (Fsp3) is 0.571. The fourth-order valence-electron chi connectivity index (χ4n) is 2.00. The molecular formula is C14H23NO2S. The smallest absolute Gasteiger partial charge is 0.154 e. The molecule has 1 rings (SSSR count). The molecule has 1 unspecified atom stereocenters. The van der Waals surface area contributed by atoms with E-state index in [1.807, 2.05) is 37.4 Å². The molecule has 4 heteroatoms. The van der Waals surface area contributed by atoms with Gasteiger partial charge in [-0.05, 0) is 31.9 Å². The van der Waals surface area contributed by atoms with Crippen LogP contribution in [-0.2, 0) is 15.6 Å². The first-order valence-corrected chi connectivity index (χ1v) is 8.31. The summed E-state index contributed by atoms with van der Waals surface area (Å²) in [5.41, 5.74) is 0.873. The Morgan fingerprint density at radius 1 is 1.22 bits per heavy atom. The van der Waals surface area contributed by atoms with Crippen molar-refractivity contribution in [2.45, 2.75) is 38.0 Å². The summed E-state index contributed by atoms with van der Waals surface area (Å²) in [5.74, 6) is 0.435. The van der Waals surface area contributed by atoms with Crippen LogP contribution in [0.3, 0.4) is 0 Å². The molecule has 3 nitrogen and oxygen atoms in total. The van der Waals surface area contributed by atoms with Crippen LogP contribution >= 0.6 is 0 Å². The molecule has 0 aliphatic carbocycles. The van der Waals surface area contributed by atoms with Gasteiger partial charge in [-0.2, -0.15) is 0 Å². The molecule has 0 saturated carbocycles. The van der Waals surface area contributed by atoms with Crippen LogP contribution in [-0.4, -0.2) is 27.3 Å². The summed E-state index contributed by atoms with van der Waals surface area (Å²) in [6, 6.07) is 9.80. The van der Waals surface area contributed by atoms with Gasteiger partial charge in [0.2, 0.25) is 0 Å². The first-order chi connectivity index (χ1) is 8.57. The summed E-state index contributed by atoms with van der Waals surface area (Å²) in [6.07, 6.45) is 2.69. The zero-order chi connectivity index (χ0) is 13.4. The van der Waals surface area contributed by atoms with Gasteiger partial charge in [0.05, 0.1) is 11.5 Å². The lowest BCUT2D eigenvalue weighted by Crippen LogP contribution is -2.25. The predicted octanol–water partition coefficient (Wildman–Crippen LogP) is 2.38. The molecule has 1 N–H and O–H groups in total. The number of hydrogen-bond donors (Lipinski definition) is 1. The van der Waals surface area contributed by atoms with E-state index < -0.39 is 9.84 Å². The van der Waals surface area contributed by atoms with Gasteiger partial charge in [-0.25, -0.2) is 8.42 Å². The van der Waals surface area contributed by atoms with E-state index in [2.05, 4.69) is 12.2 Å². The molecular weight excluding hydrogens is 246 g/mol. The Labute approximate surface area is 111 Å². The topological polar surface area (TPSA) is 46.2 Å². The number of hydrogen-bond acceptors (Lipinski definition) is 3. The summed E-state index contributed by atoms with van der Waals surface area (Å²) < 4.78 is 23.9. The van der Waals surface area contributed by atoms with E-state index >= 15 is 0 Å². The minimum atomic E-state index is -2.97. The van der Waals surface area contributed by atoms with Crippen LogP contribution in [0.1, 0.15) is 31.7 Å². The van der Waals surface area contributed by atoms with Gasteiger partial charge < -0.3 is 5.32 Å². The van der Waals surface area contributed by atoms with Crippen molar-refractivity contribution in [2.24, 2.45) is 0 Å². The van der Waals surface area contributed by atoms with Gasteiger partial charge in [-0.3, -0.25) is 0 Å². The zero-order valence-corrected chi connectivity index (χ0v) is 12.0. The summed E-state index contributed by atoms with van der Waals surface area (Å²) in [6.45, 7) is 2.11. The van der Waals surface area contributed by atoms with Crippen LogP contribution in [0, 0.1) is 0 Å². The largest absolute Gasteiger partial charge is 0.317 e. The van der Waals surface area contributed by atoms with Gasteiger partial charge in [-0.1, -0.05) is 37.3 Å². The highest BCUT2D eigenvalue weighted by Crippen LogP contribution is 2.09. The van der Waals surface area contributed by atoms with Crippen LogP contribution in [0.2, 0.25) is 0 Å². The van der Waals surface area contributed by atoms with E-state index in [1.165, 1.54) is 0 Å². The Morgan fingerprint density at radius 2 is 1.89 bits per heavy atom. The van der Waals surface area contributed by atoms with Crippen LogP contribution in [0.15, 0.2) is 30.3 Å². The molecule has 1 aromatic carbocycles. The van der Waals surface area contributed by atoms with Crippen LogP contribution in [0.4, 0.5) is 0 Å². The lowest BCUT2D eigenvalue weighted by molar-refractivity contribution is 0.500. The van der Waals surface area contributed by atoms with Gasteiger partial charge >= 0.3 is 0 Å². The molecule has 0 fully saturated rings. The molecule has 0 saturated heterocycles. The average molecular weight is 269 g/mol. The van der Waals surface area contributed by atoms with Crippen molar-refractivity contribution in [3.63, 3.8) is 0 Å². The van der Waals surface area contributed by atoms with Crippen molar-refractivity contribution in [2.75, 3.05) is 12.8 Å².